The van der Waals surface area contributed by atoms with Crippen LogP contribution in [0.1, 0.15) is 25.0 Å². The van der Waals surface area contributed by atoms with Gasteiger partial charge < -0.3 is 10.2 Å². The summed E-state index contributed by atoms with van der Waals surface area (Å²) in [5.41, 5.74) is 1.81. The van der Waals surface area contributed by atoms with Gasteiger partial charge in [-0.05, 0) is 50.1 Å². The number of amides is 2. The first-order chi connectivity index (χ1) is 15.0. The van der Waals surface area contributed by atoms with Crippen molar-refractivity contribution in [3.05, 3.63) is 64.4 Å². The van der Waals surface area contributed by atoms with E-state index in [0.717, 1.165) is 33.8 Å². The smallest absolute Gasteiger partial charge is 0.244 e. The van der Waals surface area contributed by atoms with E-state index in [1.807, 2.05) is 31.2 Å². The third-order valence-corrected chi connectivity index (χ3v) is 6.42. The molecule has 2 rings (SSSR count). The maximum Gasteiger partial charge on any atom is 0.244 e. The summed E-state index contributed by atoms with van der Waals surface area (Å²) in [4.78, 5) is 27.2. The second-order valence-electron chi connectivity index (χ2n) is 7.39. The minimum Gasteiger partial charge on any atom is -0.355 e. The van der Waals surface area contributed by atoms with Gasteiger partial charge in [0, 0.05) is 13.1 Å². The zero-order valence-corrected chi connectivity index (χ0v) is 20.0. The summed E-state index contributed by atoms with van der Waals surface area (Å²) in [5.74, 6) is -1.65. The molecule has 174 valence electrons. The van der Waals surface area contributed by atoms with Crippen molar-refractivity contribution in [3.63, 3.8) is 0 Å². The zero-order valence-electron chi connectivity index (χ0n) is 18.4. The fourth-order valence-corrected chi connectivity index (χ4v) is 4.15. The summed E-state index contributed by atoms with van der Waals surface area (Å²) in [6, 6.07) is 9.97. The number of nitrogens with zero attached hydrogens (tertiary/aromatic N) is 2. The molecule has 10 heteroatoms. The van der Waals surface area contributed by atoms with Gasteiger partial charge in [0.05, 0.1) is 17.0 Å². The van der Waals surface area contributed by atoms with Crippen LogP contribution in [0.4, 0.5) is 10.1 Å². The van der Waals surface area contributed by atoms with E-state index in [0.29, 0.717) is 6.54 Å². The first-order valence-electron chi connectivity index (χ1n) is 10.00. The van der Waals surface area contributed by atoms with Crippen LogP contribution in [0.3, 0.4) is 0 Å². The molecule has 0 bridgehead atoms. The Morgan fingerprint density at radius 1 is 1.19 bits per heavy atom. The van der Waals surface area contributed by atoms with Crippen LogP contribution in [0.5, 0.6) is 0 Å². The molecule has 0 saturated heterocycles. The van der Waals surface area contributed by atoms with Crippen molar-refractivity contribution in [2.45, 2.75) is 33.4 Å². The highest BCUT2D eigenvalue weighted by Gasteiger charge is 2.30. The molecule has 32 heavy (non-hydrogen) atoms. The van der Waals surface area contributed by atoms with E-state index in [1.165, 1.54) is 11.0 Å². The van der Waals surface area contributed by atoms with Gasteiger partial charge in [-0.15, -0.1) is 0 Å². The summed E-state index contributed by atoms with van der Waals surface area (Å²) in [6.07, 6.45) is 0.941. The van der Waals surface area contributed by atoms with Crippen molar-refractivity contribution in [2.75, 3.05) is 23.7 Å². The zero-order chi connectivity index (χ0) is 24.1. The van der Waals surface area contributed by atoms with Crippen LogP contribution in [-0.2, 0) is 26.2 Å². The first-order valence-corrected chi connectivity index (χ1v) is 12.2. The molecule has 0 saturated carbocycles. The number of carbonyl (C=O) groups excluding carboxylic acids is 2. The molecule has 1 atom stereocenters. The highest BCUT2D eigenvalue weighted by molar-refractivity contribution is 7.92. The van der Waals surface area contributed by atoms with E-state index >= 15 is 0 Å². The summed E-state index contributed by atoms with van der Waals surface area (Å²) >= 11 is 5.81. The molecule has 1 N–H and O–H groups in total. The average molecular weight is 484 g/mol. The van der Waals surface area contributed by atoms with Crippen molar-refractivity contribution in [1.82, 2.24) is 10.2 Å². The van der Waals surface area contributed by atoms with Gasteiger partial charge in [-0.25, -0.2) is 12.8 Å². The second kappa shape index (κ2) is 10.8. The number of carbonyl (C=O) groups is 2. The molecule has 0 fully saturated rings. The number of hydrogen-bond donors (Lipinski definition) is 1. The Bertz CT molecular complexity index is 1090. The normalized spacial score (nSPS) is 12.2. The molecular formula is C22H27ClFN3O4S. The van der Waals surface area contributed by atoms with Crippen molar-refractivity contribution >= 4 is 39.1 Å². The molecular weight excluding hydrogens is 457 g/mol. The Balaban J connectivity index is 2.42. The van der Waals surface area contributed by atoms with E-state index in [9.17, 15) is 22.4 Å². The Labute approximate surface area is 193 Å². The number of rotatable bonds is 9. The van der Waals surface area contributed by atoms with Crippen molar-refractivity contribution in [3.8, 4) is 0 Å². The number of anilines is 1. The van der Waals surface area contributed by atoms with Gasteiger partial charge in [-0.1, -0.05) is 35.9 Å². The van der Waals surface area contributed by atoms with Gasteiger partial charge in [-0.3, -0.25) is 13.9 Å². The SMILES string of the molecule is CCNC(=O)[C@H](C)N(Cc1ccccc1C)C(=O)CN(c1ccc(F)c(Cl)c1)S(C)(=O)=O. The molecule has 2 aromatic rings. The quantitative estimate of drug-likeness (QED) is 0.593. The van der Waals surface area contributed by atoms with E-state index in [2.05, 4.69) is 5.32 Å². The summed E-state index contributed by atoms with van der Waals surface area (Å²) in [5, 5.41) is 2.42. The molecule has 0 aliphatic heterocycles. The summed E-state index contributed by atoms with van der Waals surface area (Å²) < 4.78 is 39.3. The molecule has 0 radical (unpaired) electrons. The third kappa shape index (κ3) is 6.43. The molecule has 0 aromatic heterocycles. The number of hydrogen-bond acceptors (Lipinski definition) is 4. The van der Waals surface area contributed by atoms with Crippen LogP contribution in [0, 0.1) is 12.7 Å². The van der Waals surface area contributed by atoms with E-state index in [1.54, 1.807) is 13.8 Å². The van der Waals surface area contributed by atoms with Crippen LogP contribution < -0.4 is 9.62 Å². The molecule has 0 aliphatic rings. The highest BCUT2D eigenvalue weighted by atomic mass is 35.5. The van der Waals surface area contributed by atoms with Crippen LogP contribution in [-0.4, -0.2) is 50.5 Å². The average Bonchev–Trinajstić information content (AvgIpc) is 2.72. The standard InChI is InChI=1S/C22H27ClFN3O4S/c1-5-25-22(29)16(3)26(13-17-9-7-6-8-15(17)2)21(28)14-27(32(4,30)31)18-10-11-20(24)19(23)12-18/h6-12,16H,5,13-14H2,1-4H3,(H,25,29)/t16-/m0/s1. The number of nitrogens with one attached hydrogen (secondary N) is 1. The predicted octanol–water partition coefficient (Wildman–Crippen LogP) is 3.11. The Morgan fingerprint density at radius 3 is 2.41 bits per heavy atom. The van der Waals surface area contributed by atoms with Gasteiger partial charge in [0.1, 0.15) is 18.4 Å². The molecule has 2 aromatic carbocycles. The molecule has 0 spiro atoms. The summed E-state index contributed by atoms with van der Waals surface area (Å²) in [7, 11) is -3.91. The molecule has 7 nitrogen and oxygen atoms in total. The van der Waals surface area contributed by atoms with Crippen molar-refractivity contribution < 1.29 is 22.4 Å². The Kier molecular flexibility index (Phi) is 8.63. The fraction of sp³-hybridized carbons (Fsp3) is 0.364. The van der Waals surface area contributed by atoms with Gasteiger partial charge in [0.15, 0.2) is 0 Å². The number of likely N-dealkylation sites (N-methyl/N-ethyl adjacent to an activating group) is 1. The third-order valence-electron chi connectivity index (χ3n) is 4.99. The van der Waals surface area contributed by atoms with E-state index < -0.39 is 34.3 Å². The number of benzene rings is 2. The van der Waals surface area contributed by atoms with Gasteiger partial charge in [-0.2, -0.15) is 0 Å². The lowest BCUT2D eigenvalue weighted by atomic mass is 10.1. The minimum atomic E-state index is -3.91. The monoisotopic (exact) mass is 483 g/mol. The predicted molar refractivity (Wildman–Crippen MR) is 123 cm³/mol. The van der Waals surface area contributed by atoms with Gasteiger partial charge in [0.25, 0.3) is 0 Å². The maximum absolute atomic E-state index is 13.6. The van der Waals surface area contributed by atoms with Crippen LogP contribution in [0.25, 0.3) is 0 Å². The molecule has 0 unspecified atom stereocenters. The van der Waals surface area contributed by atoms with E-state index in [-0.39, 0.29) is 23.2 Å². The molecule has 2 amide bonds. The topological polar surface area (TPSA) is 86.8 Å². The molecule has 0 heterocycles. The Morgan fingerprint density at radius 2 is 1.84 bits per heavy atom. The minimum absolute atomic E-state index is 0.0498. The maximum atomic E-state index is 13.6. The summed E-state index contributed by atoms with van der Waals surface area (Å²) in [6.45, 7) is 5.17. The Hall–Kier alpha value is -2.65. The van der Waals surface area contributed by atoms with Crippen LogP contribution in [0.2, 0.25) is 5.02 Å². The lowest BCUT2D eigenvalue weighted by molar-refractivity contribution is -0.139. The lowest BCUT2D eigenvalue weighted by Crippen LogP contribution is -2.51. The fourth-order valence-electron chi connectivity index (χ4n) is 3.13. The second-order valence-corrected chi connectivity index (χ2v) is 9.70. The van der Waals surface area contributed by atoms with Gasteiger partial charge in [0.2, 0.25) is 21.8 Å². The molecule has 0 aliphatic carbocycles. The number of aryl methyl sites for hydroxylation is 1. The van der Waals surface area contributed by atoms with Gasteiger partial charge >= 0.3 is 0 Å². The van der Waals surface area contributed by atoms with Crippen molar-refractivity contribution in [1.29, 1.82) is 0 Å². The van der Waals surface area contributed by atoms with Crippen LogP contribution in [0.15, 0.2) is 42.5 Å². The highest BCUT2D eigenvalue weighted by Crippen LogP contribution is 2.25. The first kappa shape index (κ1) is 25.6. The number of sulfonamides is 1. The van der Waals surface area contributed by atoms with E-state index in [4.69, 9.17) is 11.6 Å². The largest absolute Gasteiger partial charge is 0.355 e. The lowest BCUT2D eigenvalue weighted by Gasteiger charge is -2.31. The van der Waals surface area contributed by atoms with Crippen LogP contribution >= 0.6 is 11.6 Å². The van der Waals surface area contributed by atoms with Crippen molar-refractivity contribution in [2.24, 2.45) is 0 Å². The number of halogens is 2.